The Kier molecular flexibility index (Phi) is 3.79. The quantitative estimate of drug-likeness (QED) is 0.431. The summed E-state index contributed by atoms with van der Waals surface area (Å²) in [6.07, 6.45) is 2.57. The molecule has 17 heavy (non-hydrogen) atoms. The smallest absolute Gasteiger partial charge is 0.189 e. The summed E-state index contributed by atoms with van der Waals surface area (Å²) >= 11 is 0. The first-order valence-electron chi connectivity index (χ1n) is 5.99. The lowest BCUT2D eigenvalue weighted by molar-refractivity contribution is 0.00961. The van der Waals surface area contributed by atoms with Crippen LogP contribution in [0.5, 0.6) is 5.75 Å². The molecule has 0 amide bonds. The van der Waals surface area contributed by atoms with Crippen LogP contribution in [-0.2, 0) is 4.74 Å². The van der Waals surface area contributed by atoms with E-state index in [2.05, 4.69) is 0 Å². The molecule has 1 fully saturated rings. The summed E-state index contributed by atoms with van der Waals surface area (Å²) in [7, 11) is 0. The van der Waals surface area contributed by atoms with Crippen LogP contribution in [0.1, 0.15) is 35.7 Å². The van der Waals surface area contributed by atoms with Crippen LogP contribution < -0.4 is 4.74 Å². The minimum absolute atomic E-state index is 0.0737. The molecule has 1 aromatic carbocycles. The molecule has 0 aromatic heterocycles. The fourth-order valence-corrected chi connectivity index (χ4v) is 1.63. The molecule has 2 rings (SSSR count). The van der Waals surface area contributed by atoms with Crippen molar-refractivity contribution in [3.8, 4) is 5.75 Å². The third-order valence-corrected chi connectivity index (χ3v) is 2.93. The second-order valence-electron chi connectivity index (χ2n) is 4.61. The number of hydrogen-bond donors (Lipinski definition) is 0. The molecule has 1 aliphatic carbocycles. The van der Waals surface area contributed by atoms with Gasteiger partial charge in [0.05, 0.1) is 6.61 Å². The van der Waals surface area contributed by atoms with Crippen molar-refractivity contribution in [3.05, 3.63) is 29.3 Å². The van der Waals surface area contributed by atoms with Gasteiger partial charge in [-0.3, -0.25) is 4.79 Å². The van der Waals surface area contributed by atoms with Gasteiger partial charge in [-0.05, 0) is 56.4 Å². The molecule has 0 unspecified atom stereocenters. The van der Waals surface area contributed by atoms with Crippen LogP contribution in [0, 0.1) is 12.8 Å². The Morgan fingerprint density at radius 3 is 2.76 bits per heavy atom. The van der Waals surface area contributed by atoms with Gasteiger partial charge in [0.25, 0.3) is 0 Å². The molecule has 3 nitrogen and oxygen atoms in total. The van der Waals surface area contributed by atoms with Gasteiger partial charge in [-0.15, -0.1) is 0 Å². The zero-order valence-corrected chi connectivity index (χ0v) is 10.4. The zero-order chi connectivity index (χ0) is 12.3. The Labute approximate surface area is 102 Å². The first kappa shape index (κ1) is 12.1. The normalized spacial score (nSPS) is 14.7. The standard InChI is InChI=1S/C14H18O3/c1-10-7-13(11(2)15)5-6-14(10)17-9-16-8-12-3-4-12/h5-7,12H,3-4,8-9H2,1-2H3. The van der Waals surface area contributed by atoms with E-state index in [4.69, 9.17) is 9.47 Å². The highest BCUT2D eigenvalue weighted by Gasteiger charge is 2.21. The number of rotatable bonds is 6. The fraction of sp³-hybridized carbons (Fsp3) is 0.500. The van der Waals surface area contributed by atoms with E-state index in [9.17, 15) is 4.79 Å². The van der Waals surface area contributed by atoms with Gasteiger partial charge in [0, 0.05) is 5.56 Å². The van der Waals surface area contributed by atoms with Crippen molar-refractivity contribution in [3.63, 3.8) is 0 Å². The van der Waals surface area contributed by atoms with Gasteiger partial charge in [0.15, 0.2) is 12.6 Å². The van der Waals surface area contributed by atoms with Crippen molar-refractivity contribution < 1.29 is 14.3 Å². The highest BCUT2D eigenvalue weighted by Crippen LogP contribution is 2.28. The Balaban J connectivity index is 1.84. The van der Waals surface area contributed by atoms with Crippen LogP contribution in [0.2, 0.25) is 0 Å². The van der Waals surface area contributed by atoms with E-state index in [1.807, 2.05) is 19.1 Å². The third-order valence-electron chi connectivity index (χ3n) is 2.93. The number of Topliss-reactive ketones (excluding diaryl/α,β-unsaturated/α-hetero) is 1. The molecule has 92 valence electrons. The molecule has 0 saturated heterocycles. The summed E-state index contributed by atoms with van der Waals surface area (Å²) in [5.74, 6) is 1.61. The molecular formula is C14H18O3. The SMILES string of the molecule is CC(=O)c1ccc(OCOCC2CC2)c(C)c1. The summed E-state index contributed by atoms with van der Waals surface area (Å²) < 4.78 is 10.9. The van der Waals surface area contributed by atoms with Crippen molar-refractivity contribution in [2.75, 3.05) is 13.4 Å². The maximum Gasteiger partial charge on any atom is 0.189 e. The lowest BCUT2D eigenvalue weighted by Crippen LogP contribution is -2.06. The predicted molar refractivity (Wildman–Crippen MR) is 65.4 cm³/mol. The minimum Gasteiger partial charge on any atom is -0.467 e. The van der Waals surface area contributed by atoms with Crippen LogP contribution in [0.4, 0.5) is 0 Å². The zero-order valence-electron chi connectivity index (χ0n) is 10.4. The van der Waals surface area contributed by atoms with E-state index < -0.39 is 0 Å². The van der Waals surface area contributed by atoms with E-state index >= 15 is 0 Å². The summed E-state index contributed by atoms with van der Waals surface area (Å²) in [5, 5.41) is 0. The van der Waals surface area contributed by atoms with Crippen LogP contribution in [0.3, 0.4) is 0 Å². The van der Waals surface area contributed by atoms with Crippen molar-refractivity contribution in [1.29, 1.82) is 0 Å². The number of ketones is 1. The van der Waals surface area contributed by atoms with Gasteiger partial charge < -0.3 is 9.47 Å². The number of ether oxygens (including phenoxy) is 2. The van der Waals surface area contributed by atoms with Gasteiger partial charge in [-0.25, -0.2) is 0 Å². The van der Waals surface area contributed by atoms with Gasteiger partial charge in [-0.2, -0.15) is 0 Å². The van der Waals surface area contributed by atoms with E-state index in [1.165, 1.54) is 12.8 Å². The molecule has 1 saturated carbocycles. The summed E-state index contributed by atoms with van der Waals surface area (Å²) in [6.45, 7) is 4.58. The average molecular weight is 234 g/mol. The highest BCUT2D eigenvalue weighted by molar-refractivity contribution is 5.94. The summed E-state index contributed by atoms with van der Waals surface area (Å²) in [5.41, 5.74) is 1.68. The Hall–Kier alpha value is -1.35. The minimum atomic E-state index is 0.0737. The average Bonchev–Trinajstić information content (AvgIpc) is 3.09. The van der Waals surface area contributed by atoms with Crippen molar-refractivity contribution in [2.45, 2.75) is 26.7 Å². The molecule has 3 heteroatoms. The topological polar surface area (TPSA) is 35.5 Å². The van der Waals surface area contributed by atoms with Gasteiger partial charge in [0.2, 0.25) is 0 Å². The fourth-order valence-electron chi connectivity index (χ4n) is 1.63. The van der Waals surface area contributed by atoms with Crippen LogP contribution in [0.25, 0.3) is 0 Å². The number of carbonyl (C=O) groups is 1. The van der Waals surface area contributed by atoms with Crippen LogP contribution in [-0.4, -0.2) is 19.2 Å². The maximum absolute atomic E-state index is 11.2. The first-order valence-corrected chi connectivity index (χ1v) is 5.99. The predicted octanol–water partition coefficient (Wildman–Crippen LogP) is 2.96. The number of hydrogen-bond acceptors (Lipinski definition) is 3. The van der Waals surface area contributed by atoms with Gasteiger partial charge >= 0.3 is 0 Å². The van der Waals surface area contributed by atoms with Crippen molar-refractivity contribution in [1.82, 2.24) is 0 Å². The van der Waals surface area contributed by atoms with E-state index in [1.54, 1.807) is 13.0 Å². The number of benzene rings is 1. The molecular weight excluding hydrogens is 216 g/mol. The molecule has 0 aliphatic heterocycles. The maximum atomic E-state index is 11.2. The number of carbonyl (C=O) groups excluding carboxylic acids is 1. The largest absolute Gasteiger partial charge is 0.467 e. The van der Waals surface area contributed by atoms with Gasteiger partial charge in [0.1, 0.15) is 5.75 Å². The molecule has 0 N–H and O–H groups in total. The van der Waals surface area contributed by atoms with Crippen LogP contribution in [0.15, 0.2) is 18.2 Å². The summed E-state index contributed by atoms with van der Waals surface area (Å²) in [6, 6.07) is 5.46. The second kappa shape index (κ2) is 5.32. The Morgan fingerprint density at radius 1 is 1.41 bits per heavy atom. The lowest BCUT2D eigenvalue weighted by atomic mass is 10.1. The number of aryl methyl sites for hydroxylation is 1. The van der Waals surface area contributed by atoms with Crippen LogP contribution >= 0.6 is 0 Å². The van der Waals surface area contributed by atoms with Crippen molar-refractivity contribution in [2.24, 2.45) is 5.92 Å². The second-order valence-corrected chi connectivity index (χ2v) is 4.61. The molecule has 0 heterocycles. The van der Waals surface area contributed by atoms with E-state index in [0.717, 1.165) is 23.8 Å². The molecule has 0 radical (unpaired) electrons. The monoisotopic (exact) mass is 234 g/mol. The lowest BCUT2D eigenvalue weighted by Gasteiger charge is -2.10. The third kappa shape index (κ3) is 3.56. The molecule has 1 aromatic rings. The van der Waals surface area contributed by atoms with Gasteiger partial charge in [-0.1, -0.05) is 0 Å². The Bertz CT molecular complexity index is 408. The molecule has 0 atom stereocenters. The molecule has 0 bridgehead atoms. The van der Waals surface area contributed by atoms with Crippen molar-refractivity contribution >= 4 is 5.78 Å². The molecule has 0 spiro atoms. The Morgan fingerprint density at radius 2 is 2.18 bits per heavy atom. The molecule has 1 aliphatic rings. The van der Waals surface area contributed by atoms with E-state index in [0.29, 0.717) is 5.56 Å². The highest BCUT2D eigenvalue weighted by atomic mass is 16.7. The van der Waals surface area contributed by atoms with E-state index in [-0.39, 0.29) is 12.6 Å². The summed E-state index contributed by atoms with van der Waals surface area (Å²) in [4.78, 5) is 11.2. The first-order chi connectivity index (χ1) is 8.16.